The third kappa shape index (κ3) is 10.0. The van der Waals surface area contributed by atoms with E-state index in [9.17, 15) is 9.59 Å². The van der Waals surface area contributed by atoms with E-state index in [1.165, 1.54) is 0 Å². The van der Waals surface area contributed by atoms with E-state index >= 15 is 0 Å². The number of benzene rings is 2. The number of amides is 2. The van der Waals surface area contributed by atoms with Crippen molar-refractivity contribution in [2.24, 2.45) is 0 Å². The molecule has 0 spiro atoms. The Kier molecular flexibility index (Phi) is 11.5. The predicted molar refractivity (Wildman–Crippen MR) is 169 cm³/mol. The van der Waals surface area contributed by atoms with Crippen LogP contribution in [0.1, 0.15) is 52.4 Å². The first kappa shape index (κ1) is 30.2. The van der Waals surface area contributed by atoms with Gasteiger partial charge in [-0.25, -0.2) is 9.13 Å². The Morgan fingerprint density at radius 1 is 0.476 bits per heavy atom. The van der Waals surface area contributed by atoms with Gasteiger partial charge in [-0.1, -0.05) is 12.8 Å². The van der Waals surface area contributed by atoms with Crippen molar-refractivity contribution < 1.29 is 18.7 Å². The first-order valence-corrected chi connectivity index (χ1v) is 14.8. The van der Waals surface area contributed by atoms with Gasteiger partial charge in [0.2, 0.25) is 11.8 Å². The molecule has 2 amide bonds. The highest BCUT2D eigenvalue weighted by Crippen LogP contribution is 2.20. The van der Waals surface area contributed by atoms with E-state index in [-0.39, 0.29) is 11.8 Å². The number of hydrogen-bond donors (Lipinski definition) is 4. The van der Waals surface area contributed by atoms with Gasteiger partial charge in [0.1, 0.15) is 13.1 Å². The summed E-state index contributed by atoms with van der Waals surface area (Å²) in [4.78, 5) is 24.7. The number of anilines is 6. The summed E-state index contributed by atoms with van der Waals surface area (Å²) < 4.78 is 4.21. The van der Waals surface area contributed by atoms with E-state index in [2.05, 4.69) is 44.2 Å². The highest BCUT2D eigenvalue weighted by molar-refractivity contribution is 5.91. The lowest BCUT2D eigenvalue weighted by Crippen LogP contribution is -2.30. The summed E-state index contributed by atoms with van der Waals surface area (Å²) in [6.07, 6.45) is 12.5. The van der Waals surface area contributed by atoms with Crippen molar-refractivity contribution in [3.8, 4) is 0 Å². The van der Waals surface area contributed by atoms with Crippen molar-refractivity contribution in [1.82, 2.24) is 0 Å². The number of hydrogen-bond acceptors (Lipinski definition) is 4. The Labute approximate surface area is 248 Å². The minimum absolute atomic E-state index is 0.00966. The van der Waals surface area contributed by atoms with Gasteiger partial charge in [-0.2, -0.15) is 0 Å². The summed E-state index contributed by atoms with van der Waals surface area (Å²) in [5.74, 6) is 0.0193. The molecule has 0 aliphatic carbocycles. The lowest BCUT2D eigenvalue weighted by atomic mass is 10.1. The standard InChI is InChI=1S/C34H40N6O2/c1-3-39-23-19-31(20-24-39)35-27-11-15-29(16-12-27)37-33(41)9-7-5-6-8-10-34(42)38-30-17-13-28(14-18-30)36-32-21-25-40(4-2)26-22-32/h11-26H,3-10H2,1-2H3,(H2,37,38,41,42)/p+2. The van der Waals surface area contributed by atoms with Crippen LogP contribution in [0.15, 0.2) is 97.6 Å². The topological polar surface area (TPSA) is 90.0 Å². The predicted octanol–water partition coefficient (Wildman–Crippen LogP) is 6.71. The lowest BCUT2D eigenvalue weighted by molar-refractivity contribution is -0.693. The van der Waals surface area contributed by atoms with Crippen molar-refractivity contribution in [2.45, 2.75) is 65.5 Å². The number of nitrogens with zero attached hydrogens (tertiary/aromatic N) is 2. The zero-order valence-electron chi connectivity index (χ0n) is 24.6. The molecule has 0 fully saturated rings. The fourth-order valence-electron chi connectivity index (χ4n) is 4.48. The van der Waals surface area contributed by atoms with Crippen molar-refractivity contribution in [2.75, 3.05) is 21.3 Å². The van der Waals surface area contributed by atoms with Crippen LogP contribution in [-0.2, 0) is 22.7 Å². The molecule has 2 aromatic carbocycles. The summed E-state index contributed by atoms with van der Waals surface area (Å²) in [6.45, 7) is 6.09. The van der Waals surface area contributed by atoms with Gasteiger partial charge in [0.25, 0.3) is 0 Å². The molecule has 0 saturated carbocycles. The van der Waals surface area contributed by atoms with Crippen LogP contribution in [-0.4, -0.2) is 11.8 Å². The van der Waals surface area contributed by atoms with E-state index in [1.807, 2.05) is 97.6 Å². The molecule has 42 heavy (non-hydrogen) atoms. The molecule has 0 bridgehead atoms. The highest BCUT2D eigenvalue weighted by Gasteiger charge is 2.06. The van der Waals surface area contributed by atoms with E-state index in [0.717, 1.165) is 72.9 Å². The molecular weight excluding hydrogens is 524 g/mol. The number of rotatable bonds is 15. The van der Waals surface area contributed by atoms with Crippen LogP contribution in [0.5, 0.6) is 0 Å². The first-order chi connectivity index (χ1) is 20.5. The van der Waals surface area contributed by atoms with E-state index in [0.29, 0.717) is 12.8 Å². The van der Waals surface area contributed by atoms with Gasteiger partial charge in [-0.05, 0) is 75.2 Å². The second kappa shape index (κ2) is 15.9. The Balaban J connectivity index is 1.06. The lowest BCUT2D eigenvalue weighted by Gasteiger charge is -2.09. The second-order valence-corrected chi connectivity index (χ2v) is 10.2. The molecular formula is C34H42N6O2+2. The van der Waals surface area contributed by atoms with Gasteiger partial charge < -0.3 is 21.3 Å². The number of unbranched alkanes of at least 4 members (excludes halogenated alkanes) is 3. The fraction of sp³-hybridized carbons (Fsp3) is 0.294. The molecule has 0 atom stereocenters. The third-order valence-corrected chi connectivity index (χ3v) is 6.98. The molecule has 2 heterocycles. The highest BCUT2D eigenvalue weighted by atomic mass is 16.2. The molecule has 4 N–H and O–H groups in total. The van der Waals surface area contributed by atoms with E-state index in [1.54, 1.807) is 0 Å². The maximum Gasteiger partial charge on any atom is 0.224 e. The Bertz CT molecular complexity index is 1290. The van der Waals surface area contributed by atoms with Crippen LogP contribution in [0.4, 0.5) is 34.1 Å². The van der Waals surface area contributed by atoms with E-state index < -0.39 is 0 Å². The Morgan fingerprint density at radius 2 is 0.786 bits per heavy atom. The molecule has 218 valence electrons. The van der Waals surface area contributed by atoms with Crippen LogP contribution < -0.4 is 30.4 Å². The Hall–Kier alpha value is -4.72. The summed E-state index contributed by atoms with van der Waals surface area (Å²) in [6, 6.07) is 23.6. The number of pyridine rings is 2. The zero-order chi connectivity index (χ0) is 29.6. The molecule has 0 unspecified atom stereocenters. The first-order valence-electron chi connectivity index (χ1n) is 14.8. The van der Waals surface area contributed by atoms with Crippen LogP contribution in [0.2, 0.25) is 0 Å². The summed E-state index contributed by atoms with van der Waals surface area (Å²) in [5.41, 5.74) is 5.54. The van der Waals surface area contributed by atoms with Gasteiger partial charge in [0, 0.05) is 59.9 Å². The molecule has 0 aliphatic heterocycles. The molecule has 8 heteroatoms. The number of aryl methyl sites for hydroxylation is 2. The molecule has 0 radical (unpaired) electrons. The quantitative estimate of drug-likeness (QED) is 0.0952. The molecule has 0 saturated heterocycles. The van der Waals surface area contributed by atoms with Crippen LogP contribution >= 0.6 is 0 Å². The molecule has 2 aromatic heterocycles. The maximum atomic E-state index is 12.3. The number of nitrogens with one attached hydrogen (secondary N) is 4. The Morgan fingerprint density at radius 3 is 1.12 bits per heavy atom. The average Bonchev–Trinajstić information content (AvgIpc) is 3.01. The number of aromatic nitrogens is 2. The minimum atomic E-state index is 0.00966. The number of carbonyl (C=O) groups excluding carboxylic acids is 2. The van der Waals surface area contributed by atoms with Gasteiger partial charge in [-0.15, -0.1) is 0 Å². The zero-order valence-corrected chi connectivity index (χ0v) is 24.6. The van der Waals surface area contributed by atoms with Gasteiger partial charge >= 0.3 is 0 Å². The summed E-state index contributed by atoms with van der Waals surface area (Å²) >= 11 is 0. The molecule has 4 aromatic rings. The number of carbonyl (C=O) groups is 2. The second-order valence-electron chi connectivity index (χ2n) is 10.2. The van der Waals surface area contributed by atoms with Crippen molar-refractivity contribution >= 4 is 45.9 Å². The minimum Gasteiger partial charge on any atom is -0.355 e. The smallest absolute Gasteiger partial charge is 0.224 e. The molecule has 8 nitrogen and oxygen atoms in total. The normalized spacial score (nSPS) is 10.6. The summed E-state index contributed by atoms with van der Waals surface area (Å²) in [7, 11) is 0. The largest absolute Gasteiger partial charge is 0.355 e. The monoisotopic (exact) mass is 566 g/mol. The van der Waals surface area contributed by atoms with Gasteiger partial charge in [-0.3, -0.25) is 9.59 Å². The average molecular weight is 567 g/mol. The van der Waals surface area contributed by atoms with Gasteiger partial charge in [0.15, 0.2) is 24.8 Å². The van der Waals surface area contributed by atoms with Gasteiger partial charge in [0.05, 0.1) is 11.4 Å². The summed E-state index contributed by atoms with van der Waals surface area (Å²) in [5, 5.41) is 12.7. The van der Waals surface area contributed by atoms with E-state index in [4.69, 9.17) is 0 Å². The maximum absolute atomic E-state index is 12.3. The van der Waals surface area contributed by atoms with Crippen LogP contribution in [0, 0.1) is 0 Å². The fourth-order valence-corrected chi connectivity index (χ4v) is 4.48. The van der Waals surface area contributed by atoms with Crippen LogP contribution in [0.25, 0.3) is 0 Å². The SMILES string of the molecule is CC[n+]1ccc(Nc2ccc(NC(=O)CCCCCCC(=O)Nc3ccc(Nc4cc[n+](CC)cc4)cc3)cc2)cc1. The van der Waals surface area contributed by atoms with Crippen molar-refractivity contribution in [3.63, 3.8) is 0 Å². The molecule has 0 aliphatic rings. The van der Waals surface area contributed by atoms with Crippen molar-refractivity contribution in [1.29, 1.82) is 0 Å². The van der Waals surface area contributed by atoms with Crippen LogP contribution in [0.3, 0.4) is 0 Å². The molecule has 4 rings (SSSR count). The van der Waals surface area contributed by atoms with Crippen molar-refractivity contribution in [3.05, 3.63) is 97.6 Å². The third-order valence-electron chi connectivity index (χ3n) is 6.98.